The van der Waals surface area contributed by atoms with E-state index in [1.807, 2.05) is 19.1 Å². The van der Waals surface area contributed by atoms with Crippen LogP contribution in [0.25, 0.3) is 0 Å². The van der Waals surface area contributed by atoms with Gasteiger partial charge in [-0.3, -0.25) is 9.98 Å². The number of terminal acetylenes is 1. The Bertz CT molecular complexity index is 1370. The van der Waals surface area contributed by atoms with Gasteiger partial charge in [-0.15, -0.1) is 6.42 Å². The van der Waals surface area contributed by atoms with Crippen molar-refractivity contribution in [3.8, 4) is 12.3 Å². The first kappa shape index (κ1) is 20.7. The van der Waals surface area contributed by atoms with Crippen LogP contribution in [0.5, 0.6) is 0 Å². The molecule has 0 saturated carbocycles. The Morgan fingerprint density at radius 2 is 1.94 bits per heavy atom. The van der Waals surface area contributed by atoms with Gasteiger partial charge in [0.15, 0.2) is 9.84 Å². The maximum Gasteiger partial charge on any atom is 0.177 e. The van der Waals surface area contributed by atoms with Gasteiger partial charge in [0, 0.05) is 36.2 Å². The van der Waals surface area contributed by atoms with Crippen molar-refractivity contribution in [1.29, 1.82) is 0 Å². The molecule has 8 heteroatoms. The largest absolute Gasteiger partial charge is 0.353 e. The molecule has 0 amide bonds. The summed E-state index contributed by atoms with van der Waals surface area (Å²) in [7, 11) is -3.65. The number of nitrogens with zero attached hydrogens (tertiary/aromatic N) is 3. The Morgan fingerprint density at radius 3 is 2.68 bits per heavy atom. The van der Waals surface area contributed by atoms with E-state index in [1.165, 1.54) is 12.1 Å². The zero-order chi connectivity index (χ0) is 22.2. The summed E-state index contributed by atoms with van der Waals surface area (Å²) in [6, 6.07) is 10.9. The van der Waals surface area contributed by atoms with Crippen molar-refractivity contribution >= 4 is 32.6 Å². The fourth-order valence-corrected chi connectivity index (χ4v) is 4.30. The maximum atomic E-state index is 13.7. The lowest BCUT2D eigenvalue weighted by Crippen LogP contribution is -2.05. The van der Waals surface area contributed by atoms with E-state index in [9.17, 15) is 12.8 Å². The normalized spacial score (nSPS) is 12.8. The van der Waals surface area contributed by atoms with Crippen LogP contribution >= 0.6 is 0 Å². The molecular formula is C23H19FN4O2S. The Labute approximate surface area is 180 Å². The van der Waals surface area contributed by atoms with E-state index < -0.39 is 15.7 Å². The molecule has 0 saturated heterocycles. The summed E-state index contributed by atoms with van der Waals surface area (Å²) in [5, 5.41) is 3.13. The number of aliphatic imine (C=N–C) groups is 1. The van der Waals surface area contributed by atoms with E-state index in [1.54, 1.807) is 12.1 Å². The molecule has 0 radical (unpaired) electrons. The third-order valence-corrected chi connectivity index (χ3v) is 5.91. The molecule has 1 N–H and O–H groups in total. The number of hydrogen-bond donors (Lipinski definition) is 1. The highest BCUT2D eigenvalue weighted by atomic mass is 32.2. The molecule has 1 aliphatic heterocycles. The van der Waals surface area contributed by atoms with Gasteiger partial charge >= 0.3 is 0 Å². The van der Waals surface area contributed by atoms with Crippen LogP contribution in [0.15, 0.2) is 52.4 Å². The summed E-state index contributed by atoms with van der Waals surface area (Å²) in [5.41, 5.74) is 5.25. The number of nitrogens with one attached hydrogen (secondary N) is 1. The molecule has 3 heterocycles. The molecule has 31 heavy (non-hydrogen) atoms. The predicted molar refractivity (Wildman–Crippen MR) is 118 cm³/mol. The van der Waals surface area contributed by atoms with Crippen molar-refractivity contribution in [3.05, 3.63) is 71.1 Å². The van der Waals surface area contributed by atoms with Crippen LogP contribution in [0.1, 0.15) is 29.7 Å². The summed E-state index contributed by atoms with van der Waals surface area (Å²) in [4.78, 5) is 13.6. The van der Waals surface area contributed by atoms with Crippen LogP contribution in [-0.2, 0) is 22.7 Å². The SMILES string of the molecule is C#Cc1cccc(Cc2cc(Nc3ccc(F)cc3S(C)(=O)=O)c3c(n2)CC(C)=N3)n1. The molecule has 2 aromatic heterocycles. The van der Waals surface area contributed by atoms with Gasteiger partial charge in [0.05, 0.1) is 22.0 Å². The minimum Gasteiger partial charge on any atom is -0.353 e. The van der Waals surface area contributed by atoms with Crippen LogP contribution in [0.2, 0.25) is 0 Å². The van der Waals surface area contributed by atoms with Crippen LogP contribution < -0.4 is 5.32 Å². The van der Waals surface area contributed by atoms with Gasteiger partial charge in [0.25, 0.3) is 0 Å². The molecule has 0 bridgehead atoms. The smallest absolute Gasteiger partial charge is 0.177 e. The second-order valence-electron chi connectivity index (χ2n) is 7.35. The van der Waals surface area contributed by atoms with Crippen LogP contribution in [0.4, 0.5) is 21.5 Å². The average Bonchev–Trinajstić information content (AvgIpc) is 3.09. The predicted octanol–water partition coefficient (Wildman–Crippen LogP) is 3.98. The van der Waals surface area contributed by atoms with E-state index in [0.717, 1.165) is 35.1 Å². The molecule has 6 nitrogen and oxygen atoms in total. The number of benzene rings is 1. The highest BCUT2D eigenvalue weighted by Gasteiger charge is 2.21. The lowest BCUT2D eigenvalue weighted by molar-refractivity contribution is 0.596. The van der Waals surface area contributed by atoms with Crippen LogP contribution in [-0.4, -0.2) is 30.4 Å². The standard InChI is InChI=1S/C23H19FN4O2S/c1-4-16-6-5-7-17(26-16)12-18-13-21(23-20(27-18)10-14(2)25-23)28-19-9-8-15(24)11-22(19)31(3,29)30/h1,5-9,11,13H,10,12H2,2-3H3,(H,27,28). The number of hydrogen-bond acceptors (Lipinski definition) is 6. The number of fused-ring (bicyclic) bond motifs is 1. The second-order valence-corrected chi connectivity index (χ2v) is 9.34. The van der Waals surface area contributed by atoms with E-state index >= 15 is 0 Å². The molecule has 156 valence electrons. The van der Waals surface area contributed by atoms with Crippen molar-refractivity contribution < 1.29 is 12.8 Å². The second kappa shape index (κ2) is 7.93. The highest BCUT2D eigenvalue weighted by molar-refractivity contribution is 7.90. The summed E-state index contributed by atoms with van der Waals surface area (Å²) in [6.45, 7) is 1.91. The minimum absolute atomic E-state index is 0.123. The number of sulfone groups is 1. The Balaban J connectivity index is 1.77. The molecule has 0 fully saturated rings. The fourth-order valence-electron chi connectivity index (χ4n) is 3.45. The van der Waals surface area contributed by atoms with Gasteiger partial charge in [-0.2, -0.15) is 0 Å². The van der Waals surface area contributed by atoms with Crippen LogP contribution in [0.3, 0.4) is 0 Å². The van der Waals surface area contributed by atoms with Gasteiger partial charge in [-0.1, -0.05) is 12.0 Å². The van der Waals surface area contributed by atoms with E-state index in [-0.39, 0.29) is 10.6 Å². The minimum atomic E-state index is -3.65. The first-order valence-corrected chi connectivity index (χ1v) is 11.4. The first-order valence-electron chi connectivity index (χ1n) is 9.49. The quantitative estimate of drug-likeness (QED) is 0.614. The van der Waals surface area contributed by atoms with Crippen LogP contribution in [0, 0.1) is 18.2 Å². The Morgan fingerprint density at radius 1 is 1.13 bits per heavy atom. The monoisotopic (exact) mass is 434 g/mol. The van der Waals surface area contributed by atoms with Gasteiger partial charge in [-0.05, 0) is 43.3 Å². The molecule has 4 rings (SSSR count). The third kappa shape index (κ3) is 4.47. The van der Waals surface area contributed by atoms with E-state index in [2.05, 4.69) is 21.2 Å². The number of aromatic nitrogens is 2. The maximum absolute atomic E-state index is 13.7. The van der Waals surface area contributed by atoms with Crippen molar-refractivity contribution in [3.63, 3.8) is 0 Å². The molecule has 0 spiro atoms. The number of rotatable bonds is 5. The highest BCUT2D eigenvalue weighted by Crippen LogP contribution is 2.37. The Kier molecular flexibility index (Phi) is 5.29. The van der Waals surface area contributed by atoms with Crippen molar-refractivity contribution in [1.82, 2.24) is 9.97 Å². The summed E-state index contributed by atoms with van der Waals surface area (Å²) < 4.78 is 38.1. The molecule has 1 aliphatic rings. The van der Waals surface area contributed by atoms with Gasteiger partial charge < -0.3 is 5.32 Å². The molecular weight excluding hydrogens is 415 g/mol. The zero-order valence-corrected chi connectivity index (χ0v) is 17.8. The third-order valence-electron chi connectivity index (χ3n) is 4.77. The summed E-state index contributed by atoms with van der Waals surface area (Å²) >= 11 is 0. The fraction of sp³-hybridized carbons (Fsp3) is 0.174. The van der Waals surface area contributed by atoms with Crippen molar-refractivity contribution in [2.75, 3.05) is 11.6 Å². The average molecular weight is 434 g/mol. The van der Waals surface area contributed by atoms with Crippen molar-refractivity contribution in [2.45, 2.75) is 24.7 Å². The van der Waals surface area contributed by atoms with Gasteiger partial charge in [0.1, 0.15) is 17.2 Å². The van der Waals surface area contributed by atoms with Crippen molar-refractivity contribution in [2.24, 2.45) is 4.99 Å². The zero-order valence-electron chi connectivity index (χ0n) is 17.0. The molecule has 1 aromatic carbocycles. The van der Waals surface area contributed by atoms with E-state index in [0.29, 0.717) is 29.9 Å². The molecule has 0 aliphatic carbocycles. The van der Waals surface area contributed by atoms with Gasteiger partial charge in [0.2, 0.25) is 0 Å². The van der Waals surface area contributed by atoms with E-state index in [4.69, 9.17) is 11.4 Å². The first-order chi connectivity index (χ1) is 14.7. The summed E-state index contributed by atoms with van der Waals surface area (Å²) in [5.74, 6) is 1.89. The number of anilines is 2. The summed E-state index contributed by atoms with van der Waals surface area (Å²) in [6.07, 6.45) is 7.52. The van der Waals surface area contributed by atoms with Gasteiger partial charge in [-0.25, -0.2) is 17.8 Å². The number of pyridine rings is 2. The Hall–Kier alpha value is -3.57. The molecule has 3 aromatic rings. The topological polar surface area (TPSA) is 84.3 Å². The molecule has 0 unspecified atom stereocenters. The lowest BCUT2D eigenvalue weighted by Gasteiger charge is -2.15. The lowest BCUT2D eigenvalue weighted by atomic mass is 10.1. The molecule has 0 atom stereocenters. The number of halogens is 1.